The van der Waals surface area contributed by atoms with Crippen LogP contribution in [0.5, 0.6) is 0 Å². The highest BCUT2D eigenvalue weighted by molar-refractivity contribution is 7.92. The zero-order valence-corrected chi connectivity index (χ0v) is 19.4. The maximum Gasteiger partial charge on any atom is 0.319 e. The van der Waals surface area contributed by atoms with Gasteiger partial charge in [0.05, 0.1) is 5.69 Å². The van der Waals surface area contributed by atoms with Crippen LogP contribution >= 0.6 is 0 Å². The lowest BCUT2D eigenvalue weighted by Crippen LogP contribution is -2.35. The van der Waals surface area contributed by atoms with Gasteiger partial charge in [0.2, 0.25) is 9.84 Å². The highest BCUT2D eigenvalue weighted by Gasteiger charge is 2.50. The van der Waals surface area contributed by atoms with Gasteiger partial charge in [0.15, 0.2) is 10.9 Å². The second-order valence-electron chi connectivity index (χ2n) is 8.82. The molecular weight excluding hydrogens is 452 g/mol. The number of benzene rings is 1. The third kappa shape index (κ3) is 4.21. The summed E-state index contributed by atoms with van der Waals surface area (Å²) >= 11 is 0. The molecule has 9 nitrogen and oxygen atoms in total. The number of sulfone groups is 1. The van der Waals surface area contributed by atoms with Crippen LogP contribution in [-0.4, -0.2) is 35.4 Å². The lowest BCUT2D eigenvalue weighted by Gasteiger charge is -2.28. The molecule has 0 unspecified atom stereocenters. The Kier molecular flexibility index (Phi) is 5.68. The summed E-state index contributed by atoms with van der Waals surface area (Å²) in [6.07, 6.45) is 5.94. The van der Waals surface area contributed by atoms with Crippen LogP contribution in [0.2, 0.25) is 0 Å². The van der Waals surface area contributed by atoms with Crippen LogP contribution in [0.25, 0.3) is 11.4 Å². The third-order valence-electron chi connectivity index (χ3n) is 6.37. The number of hydrogen-bond donors (Lipinski definition) is 3. The number of hydrogen-bond acceptors (Lipinski definition) is 7. The van der Waals surface area contributed by atoms with Crippen molar-refractivity contribution in [2.75, 3.05) is 11.1 Å². The first kappa shape index (κ1) is 22.3. The molecule has 2 aromatic heterocycles. The number of aromatic nitrogens is 3. The van der Waals surface area contributed by atoms with Gasteiger partial charge in [0.1, 0.15) is 10.6 Å². The predicted molar refractivity (Wildman–Crippen MR) is 129 cm³/mol. The zero-order valence-electron chi connectivity index (χ0n) is 18.6. The number of nitrogen functional groups attached to an aromatic ring is 1. The predicted octanol–water partition coefficient (Wildman–Crippen LogP) is 3.65. The first-order valence-electron chi connectivity index (χ1n) is 11.4. The standard InChI is InChI=1S/C24H26N6O3S/c25-20-15-19(24(12-2-3-13-24)34(32,33)21-5-1-4-14-26-21)29-22(30-20)16-6-8-17(9-7-16)27-23(31)28-18-10-11-18/h1,4-9,14-15,18H,2-3,10-13H2,(H2,25,29,30)(H2,27,28,31). The van der Waals surface area contributed by atoms with Crippen molar-refractivity contribution in [3.05, 3.63) is 60.4 Å². The molecule has 2 heterocycles. The average molecular weight is 479 g/mol. The summed E-state index contributed by atoms with van der Waals surface area (Å²) in [4.78, 5) is 25.1. The van der Waals surface area contributed by atoms with Gasteiger partial charge < -0.3 is 16.4 Å². The number of nitrogens with zero attached hydrogens (tertiary/aromatic N) is 3. The molecule has 5 rings (SSSR count). The van der Waals surface area contributed by atoms with E-state index >= 15 is 0 Å². The van der Waals surface area contributed by atoms with Gasteiger partial charge in [0, 0.05) is 29.6 Å². The van der Waals surface area contributed by atoms with E-state index in [1.807, 2.05) is 0 Å². The summed E-state index contributed by atoms with van der Waals surface area (Å²) in [6.45, 7) is 0. The summed E-state index contributed by atoms with van der Waals surface area (Å²) in [7, 11) is -3.81. The normalized spacial score (nSPS) is 17.3. The van der Waals surface area contributed by atoms with Crippen LogP contribution in [0.4, 0.5) is 16.3 Å². The van der Waals surface area contributed by atoms with Crippen molar-refractivity contribution in [2.24, 2.45) is 0 Å². The molecule has 0 bridgehead atoms. The van der Waals surface area contributed by atoms with E-state index in [1.54, 1.807) is 42.5 Å². The zero-order chi connectivity index (χ0) is 23.8. The largest absolute Gasteiger partial charge is 0.384 e. The van der Waals surface area contributed by atoms with Gasteiger partial charge in [0.25, 0.3) is 0 Å². The molecule has 34 heavy (non-hydrogen) atoms. The van der Waals surface area contributed by atoms with E-state index in [4.69, 9.17) is 10.7 Å². The van der Waals surface area contributed by atoms with Gasteiger partial charge in [-0.2, -0.15) is 0 Å². The van der Waals surface area contributed by atoms with E-state index < -0.39 is 14.6 Å². The summed E-state index contributed by atoms with van der Waals surface area (Å²) in [6, 6.07) is 13.5. The number of amides is 2. The molecule has 2 aliphatic carbocycles. The lowest BCUT2D eigenvalue weighted by molar-refractivity contribution is 0.251. The van der Waals surface area contributed by atoms with Crippen LogP contribution in [0.3, 0.4) is 0 Å². The summed E-state index contributed by atoms with van der Waals surface area (Å²) < 4.78 is 26.3. The van der Waals surface area contributed by atoms with Crippen LogP contribution < -0.4 is 16.4 Å². The molecule has 0 spiro atoms. The molecule has 176 valence electrons. The van der Waals surface area contributed by atoms with Crippen LogP contribution in [-0.2, 0) is 14.6 Å². The molecule has 3 aromatic rings. The Labute approximate surface area is 198 Å². The molecule has 0 saturated heterocycles. The molecule has 0 atom stereocenters. The van der Waals surface area contributed by atoms with Gasteiger partial charge in [-0.3, -0.25) is 0 Å². The molecular formula is C24H26N6O3S. The average Bonchev–Trinajstić information content (AvgIpc) is 3.49. The van der Waals surface area contributed by atoms with Gasteiger partial charge in [-0.15, -0.1) is 0 Å². The third-order valence-corrected chi connectivity index (χ3v) is 8.80. The maximum atomic E-state index is 13.7. The number of carbonyl (C=O) groups excluding carboxylic acids is 1. The minimum atomic E-state index is -3.81. The van der Waals surface area contributed by atoms with E-state index in [0.717, 1.165) is 25.7 Å². The summed E-state index contributed by atoms with van der Waals surface area (Å²) in [5.41, 5.74) is 7.83. The minimum Gasteiger partial charge on any atom is -0.384 e. The quantitative estimate of drug-likeness (QED) is 0.491. The fourth-order valence-corrected chi connectivity index (χ4v) is 6.49. The Morgan fingerprint density at radius 3 is 2.41 bits per heavy atom. The molecule has 2 fully saturated rings. The van der Waals surface area contributed by atoms with Crippen molar-refractivity contribution >= 4 is 27.4 Å². The lowest BCUT2D eigenvalue weighted by atomic mass is 10.0. The van der Waals surface area contributed by atoms with Crippen molar-refractivity contribution < 1.29 is 13.2 Å². The first-order valence-corrected chi connectivity index (χ1v) is 12.8. The summed E-state index contributed by atoms with van der Waals surface area (Å²) in [5.74, 6) is 0.542. The van der Waals surface area contributed by atoms with Gasteiger partial charge in [-0.05, 0) is 62.1 Å². The molecule has 1 aromatic carbocycles. The highest BCUT2D eigenvalue weighted by Crippen LogP contribution is 2.47. The number of carbonyl (C=O) groups is 1. The van der Waals surface area contributed by atoms with Gasteiger partial charge >= 0.3 is 6.03 Å². The van der Waals surface area contributed by atoms with Crippen molar-refractivity contribution in [3.63, 3.8) is 0 Å². The molecule has 0 radical (unpaired) electrons. The minimum absolute atomic E-state index is 0.0375. The SMILES string of the molecule is Nc1cc(C2(S(=O)(=O)c3ccccn3)CCCC2)nc(-c2ccc(NC(=O)NC3CC3)cc2)n1. The molecule has 2 aliphatic rings. The molecule has 4 N–H and O–H groups in total. The highest BCUT2D eigenvalue weighted by atomic mass is 32.2. The van der Waals surface area contributed by atoms with Crippen molar-refractivity contribution in [3.8, 4) is 11.4 Å². The topological polar surface area (TPSA) is 140 Å². The van der Waals surface area contributed by atoms with Crippen molar-refractivity contribution in [1.29, 1.82) is 0 Å². The molecule has 2 amide bonds. The molecule has 0 aliphatic heterocycles. The van der Waals surface area contributed by atoms with E-state index in [0.29, 0.717) is 35.6 Å². The molecule has 2 saturated carbocycles. The fraction of sp³-hybridized carbons (Fsp3) is 0.333. The van der Waals surface area contributed by atoms with E-state index in [2.05, 4.69) is 20.6 Å². The van der Waals surface area contributed by atoms with Crippen molar-refractivity contribution in [2.45, 2.75) is 54.3 Å². The monoisotopic (exact) mass is 478 g/mol. The first-order chi connectivity index (χ1) is 16.4. The number of nitrogens with one attached hydrogen (secondary N) is 2. The Bertz CT molecular complexity index is 1300. The fourth-order valence-electron chi connectivity index (χ4n) is 4.43. The Balaban J connectivity index is 1.47. The van der Waals surface area contributed by atoms with E-state index in [9.17, 15) is 13.2 Å². The smallest absolute Gasteiger partial charge is 0.319 e. The van der Waals surface area contributed by atoms with Crippen LogP contribution in [0, 0.1) is 0 Å². The number of nitrogens with two attached hydrogens (primary N) is 1. The number of pyridine rings is 1. The molecule has 10 heteroatoms. The van der Waals surface area contributed by atoms with E-state index in [-0.39, 0.29) is 22.9 Å². The van der Waals surface area contributed by atoms with Crippen LogP contribution in [0.15, 0.2) is 59.8 Å². The number of rotatable bonds is 6. The Hall–Kier alpha value is -3.53. The summed E-state index contributed by atoms with van der Waals surface area (Å²) in [5, 5.41) is 5.71. The second kappa shape index (κ2) is 8.68. The van der Waals surface area contributed by atoms with Gasteiger partial charge in [-0.25, -0.2) is 28.2 Å². The number of urea groups is 1. The maximum absolute atomic E-state index is 13.7. The number of anilines is 2. The van der Waals surface area contributed by atoms with Crippen molar-refractivity contribution in [1.82, 2.24) is 20.3 Å². The van der Waals surface area contributed by atoms with Gasteiger partial charge in [-0.1, -0.05) is 18.9 Å². The van der Waals surface area contributed by atoms with Crippen LogP contribution in [0.1, 0.15) is 44.2 Å². The van der Waals surface area contributed by atoms with E-state index in [1.165, 1.54) is 12.3 Å². The Morgan fingerprint density at radius 2 is 1.76 bits per heavy atom. The second-order valence-corrected chi connectivity index (χ2v) is 11.0. The Morgan fingerprint density at radius 1 is 1.03 bits per heavy atom.